The van der Waals surface area contributed by atoms with Gasteiger partial charge in [-0.3, -0.25) is 4.90 Å². The Morgan fingerprint density at radius 2 is 2.22 bits per heavy atom. The van der Waals surface area contributed by atoms with E-state index < -0.39 is 5.60 Å². The highest BCUT2D eigenvalue weighted by Crippen LogP contribution is 2.22. The minimum atomic E-state index is -0.524. The number of benzene rings is 1. The molecule has 0 spiro atoms. The lowest BCUT2D eigenvalue weighted by Gasteiger charge is -2.37. The van der Waals surface area contributed by atoms with Crippen molar-refractivity contribution in [2.24, 2.45) is 5.73 Å². The van der Waals surface area contributed by atoms with Crippen LogP contribution in [0.25, 0.3) is 0 Å². The molecular formula is C15H24N2O. The SMILES string of the molecule is Cc1cc(CN)ccc1CN1CCCC(C)(O)C1. The summed E-state index contributed by atoms with van der Waals surface area (Å²) in [6.07, 6.45) is 1.99. The Balaban J connectivity index is 2.05. The highest BCUT2D eigenvalue weighted by atomic mass is 16.3. The first kappa shape index (κ1) is 13.5. The average molecular weight is 248 g/mol. The first-order valence-corrected chi connectivity index (χ1v) is 6.73. The number of rotatable bonds is 3. The molecule has 1 aromatic rings. The van der Waals surface area contributed by atoms with Crippen molar-refractivity contribution >= 4 is 0 Å². The third-order valence-electron chi connectivity index (χ3n) is 3.79. The molecule has 1 aliphatic rings. The smallest absolute Gasteiger partial charge is 0.0746 e. The number of aryl methyl sites for hydroxylation is 1. The topological polar surface area (TPSA) is 49.5 Å². The molecule has 0 saturated carbocycles. The summed E-state index contributed by atoms with van der Waals surface area (Å²) >= 11 is 0. The molecule has 0 radical (unpaired) electrons. The molecule has 1 saturated heterocycles. The van der Waals surface area contributed by atoms with Crippen molar-refractivity contribution in [2.75, 3.05) is 13.1 Å². The molecule has 3 N–H and O–H groups in total. The monoisotopic (exact) mass is 248 g/mol. The summed E-state index contributed by atoms with van der Waals surface area (Å²) in [5.74, 6) is 0. The van der Waals surface area contributed by atoms with E-state index in [0.29, 0.717) is 6.54 Å². The molecule has 0 aromatic heterocycles. The van der Waals surface area contributed by atoms with Gasteiger partial charge in [0.05, 0.1) is 5.60 Å². The van der Waals surface area contributed by atoms with E-state index in [1.54, 1.807) is 0 Å². The Morgan fingerprint density at radius 1 is 1.44 bits per heavy atom. The summed E-state index contributed by atoms with van der Waals surface area (Å²) in [6, 6.07) is 6.43. The molecule has 100 valence electrons. The normalized spacial score (nSPS) is 25.3. The van der Waals surface area contributed by atoms with Gasteiger partial charge in [-0.1, -0.05) is 18.2 Å². The highest BCUT2D eigenvalue weighted by Gasteiger charge is 2.28. The van der Waals surface area contributed by atoms with Gasteiger partial charge in [0.1, 0.15) is 0 Å². The number of nitrogens with zero attached hydrogens (tertiary/aromatic N) is 1. The van der Waals surface area contributed by atoms with Crippen molar-refractivity contribution in [2.45, 2.75) is 45.4 Å². The Labute approximate surface area is 110 Å². The standard InChI is InChI=1S/C15H24N2O/c1-12-8-13(9-16)4-5-14(12)10-17-7-3-6-15(2,18)11-17/h4-5,8,18H,3,6-7,9-11,16H2,1-2H3. The maximum absolute atomic E-state index is 10.1. The van der Waals surface area contributed by atoms with Crippen molar-refractivity contribution in [1.29, 1.82) is 0 Å². The summed E-state index contributed by atoms with van der Waals surface area (Å²) in [6.45, 7) is 7.44. The average Bonchev–Trinajstić information content (AvgIpc) is 2.30. The van der Waals surface area contributed by atoms with Crippen LogP contribution >= 0.6 is 0 Å². The van der Waals surface area contributed by atoms with E-state index in [2.05, 4.69) is 30.0 Å². The van der Waals surface area contributed by atoms with Crippen LogP contribution in [0.4, 0.5) is 0 Å². The van der Waals surface area contributed by atoms with Gasteiger partial charge >= 0.3 is 0 Å². The summed E-state index contributed by atoms with van der Waals surface area (Å²) in [7, 11) is 0. The highest BCUT2D eigenvalue weighted by molar-refractivity contribution is 5.31. The summed E-state index contributed by atoms with van der Waals surface area (Å²) < 4.78 is 0. The molecule has 1 fully saturated rings. The summed E-state index contributed by atoms with van der Waals surface area (Å²) in [5, 5.41) is 10.1. The molecule has 3 heteroatoms. The summed E-state index contributed by atoms with van der Waals surface area (Å²) in [4.78, 5) is 2.34. The maximum atomic E-state index is 10.1. The van der Waals surface area contributed by atoms with E-state index in [1.165, 1.54) is 16.7 Å². The molecular weight excluding hydrogens is 224 g/mol. The first-order valence-electron chi connectivity index (χ1n) is 6.73. The van der Waals surface area contributed by atoms with Gasteiger partial charge in [0, 0.05) is 19.6 Å². The van der Waals surface area contributed by atoms with E-state index in [4.69, 9.17) is 5.73 Å². The number of likely N-dealkylation sites (tertiary alicyclic amines) is 1. The molecule has 0 amide bonds. The fraction of sp³-hybridized carbons (Fsp3) is 0.600. The predicted octanol–water partition coefficient (Wildman–Crippen LogP) is 1.80. The molecule has 1 aliphatic heterocycles. The zero-order valence-corrected chi connectivity index (χ0v) is 11.4. The fourth-order valence-electron chi connectivity index (χ4n) is 2.76. The van der Waals surface area contributed by atoms with Gasteiger partial charge in [0.15, 0.2) is 0 Å². The zero-order chi connectivity index (χ0) is 13.2. The molecule has 1 heterocycles. The van der Waals surface area contributed by atoms with Crippen LogP contribution in [-0.2, 0) is 13.1 Å². The largest absolute Gasteiger partial charge is 0.389 e. The van der Waals surface area contributed by atoms with Gasteiger partial charge in [-0.25, -0.2) is 0 Å². The third kappa shape index (κ3) is 3.31. The van der Waals surface area contributed by atoms with Crippen molar-refractivity contribution in [3.05, 3.63) is 34.9 Å². The van der Waals surface area contributed by atoms with E-state index >= 15 is 0 Å². The van der Waals surface area contributed by atoms with Crippen LogP contribution in [0.5, 0.6) is 0 Å². The van der Waals surface area contributed by atoms with Gasteiger partial charge in [-0.2, -0.15) is 0 Å². The van der Waals surface area contributed by atoms with Crippen LogP contribution in [0.15, 0.2) is 18.2 Å². The van der Waals surface area contributed by atoms with Crippen molar-refractivity contribution in [3.63, 3.8) is 0 Å². The van der Waals surface area contributed by atoms with Gasteiger partial charge in [0.25, 0.3) is 0 Å². The lowest BCUT2D eigenvalue weighted by atomic mass is 9.94. The van der Waals surface area contributed by atoms with Crippen LogP contribution in [0, 0.1) is 6.92 Å². The molecule has 3 nitrogen and oxygen atoms in total. The third-order valence-corrected chi connectivity index (χ3v) is 3.79. The van der Waals surface area contributed by atoms with Crippen molar-refractivity contribution in [1.82, 2.24) is 4.90 Å². The van der Waals surface area contributed by atoms with Gasteiger partial charge in [0.2, 0.25) is 0 Å². The fourth-order valence-corrected chi connectivity index (χ4v) is 2.76. The first-order chi connectivity index (χ1) is 8.50. The second kappa shape index (κ2) is 5.39. The van der Waals surface area contributed by atoms with E-state index in [9.17, 15) is 5.11 Å². The van der Waals surface area contributed by atoms with Crippen LogP contribution in [0.1, 0.15) is 36.5 Å². The molecule has 1 unspecified atom stereocenters. The minimum Gasteiger partial charge on any atom is -0.389 e. The molecule has 0 bridgehead atoms. The Hall–Kier alpha value is -0.900. The predicted molar refractivity (Wildman–Crippen MR) is 74.2 cm³/mol. The Bertz CT molecular complexity index is 415. The number of hydrogen-bond acceptors (Lipinski definition) is 3. The quantitative estimate of drug-likeness (QED) is 0.857. The van der Waals surface area contributed by atoms with Crippen molar-refractivity contribution in [3.8, 4) is 0 Å². The molecule has 1 atom stereocenters. The van der Waals surface area contributed by atoms with Crippen LogP contribution < -0.4 is 5.73 Å². The molecule has 0 aliphatic carbocycles. The minimum absolute atomic E-state index is 0.524. The number of hydrogen-bond donors (Lipinski definition) is 2. The van der Waals surface area contributed by atoms with E-state index in [-0.39, 0.29) is 0 Å². The van der Waals surface area contributed by atoms with Gasteiger partial charge < -0.3 is 10.8 Å². The lowest BCUT2D eigenvalue weighted by Crippen LogP contribution is -2.45. The maximum Gasteiger partial charge on any atom is 0.0746 e. The second-order valence-electron chi connectivity index (χ2n) is 5.78. The Morgan fingerprint density at radius 3 is 2.83 bits per heavy atom. The van der Waals surface area contributed by atoms with Crippen molar-refractivity contribution < 1.29 is 5.11 Å². The van der Waals surface area contributed by atoms with E-state index in [1.807, 2.05) is 6.92 Å². The van der Waals surface area contributed by atoms with Crippen LogP contribution in [-0.4, -0.2) is 28.7 Å². The molecule has 2 rings (SSSR count). The van der Waals surface area contributed by atoms with Gasteiger partial charge in [-0.15, -0.1) is 0 Å². The van der Waals surface area contributed by atoms with Crippen LogP contribution in [0.3, 0.4) is 0 Å². The molecule has 18 heavy (non-hydrogen) atoms. The second-order valence-corrected chi connectivity index (χ2v) is 5.78. The lowest BCUT2D eigenvalue weighted by molar-refractivity contribution is -0.0182. The van der Waals surface area contributed by atoms with E-state index in [0.717, 1.165) is 32.5 Å². The number of piperidine rings is 1. The van der Waals surface area contributed by atoms with Crippen LogP contribution in [0.2, 0.25) is 0 Å². The number of β-amino-alcohol motifs (C(OH)–C–C–N with tert-alkyl or cyclic N) is 1. The molecule has 1 aromatic carbocycles. The number of nitrogens with two attached hydrogens (primary N) is 1. The summed E-state index contributed by atoms with van der Waals surface area (Å²) in [5.41, 5.74) is 8.94. The Kier molecular flexibility index (Phi) is 4.05. The number of aliphatic hydroxyl groups is 1. The zero-order valence-electron chi connectivity index (χ0n) is 11.4. The van der Waals surface area contributed by atoms with Gasteiger partial charge in [-0.05, 0) is 49.9 Å².